The highest BCUT2D eigenvalue weighted by atomic mass is 127. The lowest BCUT2D eigenvalue weighted by atomic mass is 9.43. The number of methoxy groups -OCH3 is 1. The number of esters is 1. The Labute approximate surface area is 86.2 Å². The molecule has 0 aromatic carbocycles. The third-order valence-electron chi connectivity index (χ3n) is 3.16. The van der Waals surface area contributed by atoms with Gasteiger partial charge in [0.05, 0.1) is 7.11 Å². The molecule has 0 spiro atoms. The average Bonchev–Trinajstić information content (AvgIpc) is 1.93. The van der Waals surface area contributed by atoms with Crippen LogP contribution in [-0.4, -0.2) is 16.5 Å². The van der Waals surface area contributed by atoms with E-state index in [0.717, 1.165) is 6.42 Å². The van der Waals surface area contributed by atoms with Crippen LogP contribution in [0.3, 0.4) is 0 Å². The summed E-state index contributed by atoms with van der Waals surface area (Å²) in [6.45, 7) is 0. The van der Waals surface area contributed by atoms with Crippen molar-refractivity contribution >= 4 is 28.6 Å². The molecule has 3 saturated carbocycles. The number of carbonyl (C=O) groups excluding carboxylic acids is 1. The molecule has 3 rings (SSSR count). The van der Waals surface area contributed by atoms with E-state index in [1.807, 2.05) is 0 Å². The Morgan fingerprint density at radius 1 is 1.50 bits per heavy atom. The maximum absolute atomic E-state index is 10.9. The minimum Gasteiger partial charge on any atom is -0.469 e. The molecule has 3 aliphatic rings. The molecule has 2 nitrogen and oxygen atoms in total. The summed E-state index contributed by atoms with van der Waals surface area (Å²) in [4.78, 5) is 10.9. The van der Waals surface area contributed by atoms with Crippen molar-refractivity contribution in [3.8, 4) is 0 Å². The first-order chi connectivity index (χ1) is 5.58. The number of ether oxygens (including phenoxy) is 1. The first-order valence-electron chi connectivity index (χ1n) is 4.33. The maximum Gasteiger partial charge on any atom is 0.305 e. The molecule has 0 unspecified atom stereocenters. The summed E-state index contributed by atoms with van der Waals surface area (Å²) >= 11 is 2.55. The van der Waals surface area contributed by atoms with Gasteiger partial charge in [-0.15, -0.1) is 0 Å². The lowest BCUT2D eigenvalue weighted by Gasteiger charge is -2.68. The van der Waals surface area contributed by atoms with Gasteiger partial charge >= 0.3 is 5.97 Å². The van der Waals surface area contributed by atoms with E-state index in [2.05, 4.69) is 27.3 Å². The van der Waals surface area contributed by atoms with Crippen LogP contribution in [0.2, 0.25) is 0 Å². The van der Waals surface area contributed by atoms with Gasteiger partial charge in [-0.2, -0.15) is 0 Å². The van der Waals surface area contributed by atoms with Crippen molar-refractivity contribution in [2.75, 3.05) is 7.11 Å². The highest BCUT2D eigenvalue weighted by Crippen LogP contribution is 2.73. The Morgan fingerprint density at radius 3 is 2.50 bits per heavy atom. The molecule has 0 N–H and O–H groups in total. The number of halogens is 1. The smallest absolute Gasteiger partial charge is 0.305 e. The number of hydrogen-bond donors (Lipinski definition) is 0. The lowest BCUT2D eigenvalue weighted by Crippen LogP contribution is -2.63. The Balaban J connectivity index is 1.73. The fourth-order valence-corrected chi connectivity index (χ4v) is 5.02. The van der Waals surface area contributed by atoms with Crippen molar-refractivity contribution in [1.29, 1.82) is 0 Å². The van der Waals surface area contributed by atoms with E-state index < -0.39 is 0 Å². The Morgan fingerprint density at radius 2 is 2.08 bits per heavy atom. The monoisotopic (exact) mass is 280 g/mol. The van der Waals surface area contributed by atoms with E-state index in [0.29, 0.717) is 15.3 Å². The summed E-state index contributed by atoms with van der Waals surface area (Å²) in [6.07, 6.45) is 5.65. The van der Waals surface area contributed by atoms with Gasteiger partial charge in [-0.3, -0.25) is 4.79 Å². The van der Waals surface area contributed by atoms with E-state index >= 15 is 0 Å². The third kappa shape index (κ3) is 1.26. The van der Waals surface area contributed by atoms with Gasteiger partial charge in [-0.1, -0.05) is 22.6 Å². The van der Waals surface area contributed by atoms with Crippen molar-refractivity contribution in [1.82, 2.24) is 0 Å². The summed E-state index contributed by atoms with van der Waals surface area (Å²) < 4.78 is 5.25. The zero-order valence-electron chi connectivity index (χ0n) is 7.23. The number of rotatable bonds is 3. The lowest BCUT2D eigenvalue weighted by molar-refractivity contribution is -0.144. The van der Waals surface area contributed by atoms with Crippen LogP contribution in [0, 0.1) is 5.41 Å². The molecule has 0 atom stereocenters. The summed E-state index contributed by atoms with van der Waals surface area (Å²) in [5.74, 6) is -0.0535. The van der Waals surface area contributed by atoms with Crippen molar-refractivity contribution < 1.29 is 9.53 Å². The summed E-state index contributed by atoms with van der Waals surface area (Å²) in [5.41, 5.74) is 0.551. The Hall–Kier alpha value is 0.200. The molecule has 12 heavy (non-hydrogen) atoms. The maximum atomic E-state index is 10.9. The zero-order valence-corrected chi connectivity index (χ0v) is 9.39. The van der Waals surface area contributed by atoms with Crippen molar-refractivity contribution in [3.05, 3.63) is 0 Å². The van der Waals surface area contributed by atoms with E-state index in [1.54, 1.807) is 0 Å². The normalized spacial score (nSPS) is 42.8. The minimum absolute atomic E-state index is 0.0535. The highest BCUT2D eigenvalue weighted by molar-refractivity contribution is 14.1. The second-order valence-corrected chi connectivity index (χ2v) is 6.55. The second kappa shape index (κ2) is 2.59. The summed E-state index contributed by atoms with van der Waals surface area (Å²) in [6, 6.07) is 0. The largest absolute Gasteiger partial charge is 0.469 e. The number of carbonyl (C=O) groups is 1. The van der Waals surface area contributed by atoms with Crippen LogP contribution >= 0.6 is 22.6 Å². The van der Waals surface area contributed by atoms with E-state index in [1.165, 1.54) is 26.4 Å². The molecular formula is C9H13IO2. The molecule has 0 saturated heterocycles. The molecular weight excluding hydrogens is 267 g/mol. The van der Waals surface area contributed by atoms with E-state index in [4.69, 9.17) is 0 Å². The van der Waals surface area contributed by atoms with Crippen LogP contribution in [-0.2, 0) is 9.53 Å². The van der Waals surface area contributed by atoms with Gasteiger partial charge in [-0.25, -0.2) is 0 Å². The highest BCUT2D eigenvalue weighted by Gasteiger charge is 2.65. The van der Waals surface area contributed by atoms with Gasteiger partial charge in [0.2, 0.25) is 0 Å². The van der Waals surface area contributed by atoms with Crippen LogP contribution in [0.1, 0.15) is 32.1 Å². The SMILES string of the molecule is COC(=O)CCC12CC(I)(C1)C2. The Bertz CT molecular complexity index is 205. The van der Waals surface area contributed by atoms with Gasteiger partial charge < -0.3 is 4.74 Å². The molecule has 3 aliphatic carbocycles. The van der Waals surface area contributed by atoms with Gasteiger partial charge in [0.25, 0.3) is 0 Å². The Kier molecular flexibility index (Phi) is 1.90. The fourth-order valence-electron chi connectivity index (χ4n) is 2.60. The molecule has 2 bridgehead atoms. The third-order valence-corrected chi connectivity index (χ3v) is 4.31. The van der Waals surface area contributed by atoms with Crippen LogP contribution in [0.15, 0.2) is 0 Å². The molecule has 3 heteroatoms. The van der Waals surface area contributed by atoms with Crippen molar-refractivity contribution in [2.24, 2.45) is 5.41 Å². The average molecular weight is 280 g/mol. The van der Waals surface area contributed by atoms with Gasteiger partial charge in [-0.05, 0) is 31.1 Å². The molecule has 0 radical (unpaired) electrons. The molecule has 68 valence electrons. The molecule has 0 aromatic heterocycles. The number of hydrogen-bond acceptors (Lipinski definition) is 2. The number of alkyl halides is 1. The zero-order chi connectivity index (χ0) is 8.82. The van der Waals surface area contributed by atoms with Gasteiger partial charge in [0, 0.05) is 9.84 Å². The van der Waals surface area contributed by atoms with Gasteiger partial charge in [0.1, 0.15) is 0 Å². The first-order valence-corrected chi connectivity index (χ1v) is 5.41. The van der Waals surface area contributed by atoms with Crippen molar-refractivity contribution in [2.45, 2.75) is 35.5 Å². The van der Waals surface area contributed by atoms with Crippen molar-refractivity contribution in [3.63, 3.8) is 0 Å². The van der Waals surface area contributed by atoms with Crippen LogP contribution in [0.4, 0.5) is 0 Å². The van der Waals surface area contributed by atoms with Crippen LogP contribution < -0.4 is 0 Å². The molecule has 0 heterocycles. The fraction of sp³-hybridized carbons (Fsp3) is 0.889. The summed E-state index contributed by atoms with van der Waals surface area (Å²) in [5, 5.41) is 0. The second-order valence-electron chi connectivity index (χ2n) is 4.26. The summed E-state index contributed by atoms with van der Waals surface area (Å²) in [7, 11) is 1.46. The molecule has 0 aliphatic heterocycles. The van der Waals surface area contributed by atoms with E-state index in [9.17, 15) is 4.79 Å². The van der Waals surface area contributed by atoms with Crippen LogP contribution in [0.25, 0.3) is 0 Å². The van der Waals surface area contributed by atoms with Gasteiger partial charge in [0.15, 0.2) is 0 Å². The quantitative estimate of drug-likeness (QED) is 0.450. The standard InChI is InChI=1S/C9H13IO2/c1-12-7(11)2-3-8-4-9(10,5-8)6-8/h2-6H2,1H3. The molecule has 0 amide bonds. The minimum atomic E-state index is -0.0535. The predicted molar refractivity (Wildman–Crippen MR) is 54.3 cm³/mol. The topological polar surface area (TPSA) is 26.3 Å². The first kappa shape index (κ1) is 8.78. The van der Waals surface area contributed by atoms with E-state index in [-0.39, 0.29) is 5.97 Å². The van der Waals surface area contributed by atoms with Crippen LogP contribution in [0.5, 0.6) is 0 Å². The molecule has 0 aromatic rings. The molecule has 3 fully saturated rings. The predicted octanol–water partition coefficient (Wildman–Crippen LogP) is 2.30.